The third-order valence-electron chi connectivity index (χ3n) is 5.25. The molecule has 10 heteroatoms. The summed E-state index contributed by atoms with van der Waals surface area (Å²) < 4.78 is 3.39. The molecule has 158 valence electrons. The lowest BCUT2D eigenvalue weighted by molar-refractivity contribution is 0.0950. The van der Waals surface area contributed by atoms with Crippen LogP contribution in [0, 0.1) is 0 Å². The Balaban J connectivity index is 1.77. The second kappa shape index (κ2) is 7.85. The Bertz CT molecular complexity index is 1220. The molecule has 1 aliphatic carbocycles. The Labute approximate surface area is 172 Å². The monoisotopic (exact) mass is 411 g/mol. The number of rotatable bonds is 7. The molecule has 2 N–H and O–H groups in total. The summed E-state index contributed by atoms with van der Waals surface area (Å²) in [5.74, 6) is 0.273. The minimum atomic E-state index is -0.614. The van der Waals surface area contributed by atoms with Crippen molar-refractivity contribution in [3.05, 3.63) is 50.3 Å². The van der Waals surface area contributed by atoms with Gasteiger partial charge in [-0.1, -0.05) is 20.8 Å². The largest absolute Gasteiger partial charge is 0.345 e. The van der Waals surface area contributed by atoms with Crippen LogP contribution in [0.5, 0.6) is 0 Å². The maximum absolute atomic E-state index is 13.1. The zero-order chi connectivity index (χ0) is 21.4. The molecule has 3 heterocycles. The quantitative estimate of drug-likeness (QED) is 0.606. The molecule has 4 rings (SSSR count). The van der Waals surface area contributed by atoms with Gasteiger partial charge in [0, 0.05) is 18.3 Å². The van der Waals surface area contributed by atoms with E-state index in [1.165, 1.54) is 4.57 Å². The molecule has 1 saturated carbocycles. The van der Waals surface area contributed by atoms with Crippen LogP contribution in [-0.4, -0.2) is 35.2 Å². The van der Waals surface area contributed by atoms with Crippen molar-refractivity contribution in [3.63, 3.8) is 0 Å². The Kier molecular flexibility index (Phi) is 5.23. The van der Waals surface area contributed by atoms with E-state index in [2.05, 4.69) is 25.5 Å². The number of aromatic amines is 1. The zero-order valence-corrected chi connectivity index (χ0v) is 17.3. The van der Waals surface area contributed by atoms with E-state index in [1.807, 2.05) is 25.3 Å². The van der Waals surface area contributed by atoms with Crippen LogP contribution in [0.2, 0.25) is 0 Å². The molecule has 0 aromatic carbocycles. The summed E-state index contributed by atoms with van der Waals surface area (Å²) in [5, 5.41) is 11.0. The van der Waals surface area contributed by atoms with E-state index >= 15 is 0 Å². The smallest absolute Gasteiger partial charge is 0.329 e. The molecular weight excluding hydrogens is 386 g/mol. The van der Waals surface area contributed by atoms with E-state index < -0.39 is 17.2 Å². The predicted octanol–water partition coefficient (Wildman–Crippen LogP) is 1.47. The van der Waals surface area contributed by atoms with Crippen molar-refractivity contribution in [1.29, 1.82) is 0 Å². The molecule has 1 aliphatic rings. The van der Waals surface area contributed by atoms with E-state index in [4.69, 9.17) is 0 Å². The molecule has 0 atom stereocenters. The maximum atomic E-state index is 13.1. The fourth-order valence-corrected chi connectivity index (χ4v) is 3.50. The second-order valence-electron chi connectivity index (χ2n) is 7.93. The van der Waals surface area contributed by atoms with Gasteiger partial charge in [0.1, 0.15) is 6.33 Å². The summed E-state index contributed by atoms with van der Waals surface area (Å²) in [6.07, 6.45) is 4.52. The topological polar surface area (TPSA) is 128 Å². The van der Waals surface area contributed by atoms with Crippen LogP contribution < -0.4 is 16.6 Å². The summed E-state index contributed by atoms with van der Waals surface area (Å²) >= 11 is 0. The van der Waals surface area contributed by atoms with Crippen LogP contribution in [-0.2, 0) is 13.1 Å². The highest BCUT2D eigenvalue weighted by Gasteiger charge is 2.26. The SMILES string of the molecule is CCCn1c(=O)[nH]c(=O)c2c(C(=O)NCc3nncn3C3CC3)cc(C(C)C)nc21. The minimum absolute atomic E-state index is 0.0170. The van der Waals surface area contributed by atoms with E-state index in [0.717, 1.165) is 12.8 Å². The molecule has 10 nitrogen and oxygen atoms in total. The van der Waals surface area contributed by atoms with Gasteiger partial charge in [-0.15, -0.1) is 10.2 Å². The lowest BCUT2D eigenvalue weighted by Gasteiger charge is -2.14. The second-order valence-corrected chi connectivity index (χ2v) is 7.93. The normalized spacial score (nSPS) is 13.9. The van der Waals surface area contributed by atoms with Crippen molar-refractivity contribution in [3.8, 4) is 0 Å². The van der Waals surface area contributed by atoms with Gasteiger partial charge in [0.25, 0.3) is 11.5 Å². The highest BCUT2D eigenvalue weighted by atomic mass is 16.2. The van der Waals surface area contributed by atoms with E-state index in [9.17, 15) is 14.4 Å². The van der Waals surface area contributed by atoms with Gasteiger partial charge in [0.15, 0.2) is 11.5 Å². The third kappa shape index (κ3) is 3.64. The number of pyridine rings is 1. The molecule has 0 radical (unpaired) electrons. The fourth-order valence-electron chi connectivity index (χ4n) is 3.50. The molecule has 0 spiro atoms. The Morgan fingerprint density at radius 3 is 2.77 bits per heavy atom. The first-order valence-electron chi connectivity index (χ1n) is 10.2. The lowest BCUT2D eigenvalue weighted by Crippen LogP contribution is -2.33. The maximum Gasteiger partial charge on any atom is 0.329 e. The van der Waals surface area contributed by atoms with Crippen LogP contribution in [0.15, 0.2) is 22.0 Å². The number of aryl methyl sites for hydroxylation is 1. The van der Waals surface area contributed by atoms with E-state index in [1.54, 1.807) is 12.4 Å². The minimum Gasteiger partial charge on any atom is -0.345 e. The average molecular weight is 411 g/mol. The Morgan fingerprint density at radius 2 is 2.10 bits per heavy atom. The van der Waals surface area contributed by atoms with Crippen molar-refractivity contribution >= 4 is 16.9 Å². The standard InChI is InChI=1S/C20H25N7O3/c1-4-7-26-17-16(19(29)24-20(26)30)13(8-14(23-17)11(2)3)18(28)21-9-15-25-22-10-27(15)12-5-6-12/h8,10-12H,4-7,9H2,1-3H3,(H,21,28)(H,24,29,30). The van der Waals surface area contributed by atoms with E-state index in [-0.39, 0.29) is 29.1 Å². The van der Waals surface area contributed by atoms with Crippen molar-refractivity contribution < 1.29 is 4.79 Å². The van der Waals surface area contributed by atoms with Gasteiger partial charge in [0.05, 0.1) is 17.5 Å². The van der Waals surface area contributed by atoms with Gasteiger partial charge >= 0.3 is 5.69 Å². The first kappa shape index (κ1) is 20.0. The number of carbonyl (C=O) groups is 1. The molecule has 0 saturated heterocycles. The number of amides is 1. The number of carbonyl (C=O) groups excluding carboxylic acids is 1. The van der Waals surface area contributed by atoms with Crippen LogP contribution in [0.1, 0.15) is 73.9 Å². The Morgan fingerprint density at radius 1 is 1.33 bits per heavy atom. The number of aromatic nitrogens is 6. The first-order valence-corrected chi connectivity index (χ1v) is 10.2. The number of nitrogens with zero attached hydrogens (tertiary/aromatic N) is 5. The summed E-state index contributed by atoms with van der Waals surface area (Å²) in [6, 6.07) is 2.02. The zero-order valence-electron chi connectivity index (χ0n) is 17.3. The number of nitrogens with one attached hydrogen (secondary N) is 2. The number of hydrogen-bond acceptors (Lipinski definition) is 6. The molecule has 0 unspecified atom stereocenters. The summed E-state index contributed by atoms with van der Waals surface area (Å²) in [5.41, 5.74) is -0.0536. The van der Waals surface area contributed by atoms with Crippen molar-refractivity contribution in [2.45, 2.75) is 65.1 Å². The van der Waals surface area contributed by atoms with Crippen LogP contribution in [0.3, 0.4) is 0 Å². The molecule has 1 amide bonds. The summed E-state index contributed by atoms with van der Waals surface area (Å²) in [6.45, 7) is 6.42. The van der Waals surface area contributed by atoms with Crippen molar-refractivity contribution in [2.24, 2.45) is 0 Å². The first-order chi connectivity index (χ1) is 14.4. The predicted molar refractivity (Wildman–Crippen MR) is 110 cm³/mol. The average Bonchev–Trinajstić information content (AvgIpc) is 3.45. The molecule has 1 fully saturated rings. The van der Waals surface area contributed by atoms with Crippen LogP contribution in [0.4, 0.5) is 0 Å². The molecule has 3 aromatic rings. The van der Waals surface area contributed by atoms with Crippen molar-refractivity contribution in [2.75, 3.05) is 0 Å². The molecule has 0 aliphatic heterocycles. The summed E-state index contributed by atoms with van der Waals surface area (Å²) in [7, 11) is 0. The van der Waals surface area contributed by atoms with Crippen LogP contribution >= 0.6 is 0 Å². The van der Waals surface area contributed by atoms with Gasteiger partial charge in [-0.05, 0) is 31.2 Å². The van der Waals surface area contributed by atoms with Crippen LogP contribution in [0.25, 0.3) is 11.0 Å². The highest BCUT2D eigenvalue weighted by Crippen LogP contribution is 2.35. The van der Waals surface area contributed by atoms with Gasteiger partial charge < -0.3 is 9.88 Å². The Hall–Kier alpha value is -3.30. The third-order valence-corrected chi connectivity index (χ3v) is 5.25. The van der Waals surface area contributed by atoms with Gasteiger partial charge in [-0.25, -0.2) is 9.78 Å². The highest BCUT2D eigenvalue weighted by molar-refractivity contribution is 6.05. The van der Waals surface area contributed by atoms with Crippen molar-refractivity contribution in [1.82, 2.24) is 34.6 Å². The fraction of sp³-hybridized carbons (Fsp3) is 0.500. The number of hydrogen-bond donors (Lipinski definition) is 2. The molecule has 3 aromatic heterocycles. The molecule has 30 heavy (non-hydrogen) atoms. The number of fused-ring (bicyclic) bond motifs is 1. The van der Waals surface area contributed by atoms with Gasteiger partial charge in [-0.3, -0.25) is 19.1 Å². The van der Waals surface area contributed by atoms with E-state index in [0.29, 0.717) is 30.5 Å². The van der Waals surface area contributed by atoms with Gasteiger partial charge in [0.2, 0.25) is 0 Å². The lowest BCUT2D eigenvalue weighted by atomic mass is 10.0. The van der Waals surface area contributed by atoms with Gasteiger partial charge in [-0.2, -0.15) is 0 Å². The number of H-pyrrole nitrogens is 1. The summed E-state index contributed by atoms with van der Waals surface area (Å²) in [4.78, 5) is 44.9. The molecule has 0 bridgehead atoms. The molecular formula is C20H25N7O3.